The molecule has 76 valence electrons. The summed E-state index contributed by atoms with van der Waals surface area (Å²) in [4.78, 5) is 0. The molecule has 2 nitrogen and oxygen atoms in total. The molecule has 0 saturated heterocycles. The van der Waals surface area contributed by atoms with E-state index in [1.54, 1.807) is 0 Å². The van der Waals surface area contributed by atoms with Crippen LogP contribution in [0.3, 0.4) is 0 Å². The standard InChI is InChI=1S/C10H10F2O2/c1-2-9(13)7-3-5-8(6-4-7)14-10(11)12/h2-6,9-10,13H,1H2. The molecular formula is C10H10F2O2. The van der Waals surface area contributed by atoms with E-state index in [-0.39, 0.29) is 5.75 Å². The Kier molecular flexibility index (Phi) is 3.59. The minimum atomic E-state index is -2.83. The average molecular weight is 200 g/mol. The van der Waals surface area contributed by atoms with Gasteiger partial charge in [-0.15, -0.1) is 6.58 Å². The minimum Gasteiger partial charge on any atom is -0.435 e. The second kappa shape index (κ2) is 4.72. The Balaban J connectivity index is 2.73. The lowest BCUT2D eigenvalue weighted by molar-refractivity contribution is -0.0498. The maximum atomic E-state index is 11.8. The van der Waals surface area contributed by atoms with Crippen molar-refractivity contribution in [3.63, 3.8) is 0 Å². The van der Waals surface area contributed by atoms with E-state index >= 15 is 0 Å². The number of hydrogen-bond acceptors (Lipinski definition) is 2. The van der Waals surface area contributed by atoms with Gasteiger partial charge in [-0.05, 0) is 17.7 Å². The van der Waals surface area contributed by atoms with Crippen LogP contribution in [-0.4, -0.2) is 11.7 Å². The monoisotopic (exact) mass is 200 g/mol. The third kappa shape index (κ3) is 2.81. The Hall–Kier alpha value is -1.42. The Bertz CT molecular complexity index is 295. The third-order valence-electron chi connectivity index (χ3n) is 1.67. The van der Waals surface area contributed by atoms with Gasteiger partial charge in [-0.3, -0.25) is 0 Å². The lowest BCUT2D eigenvalue weighted by Crippen LogP contribution is -2.02. The van der Waals surface area contributed by atoms with Crippen LogP contribution in [0.25, 0.3) is 0 Å². The van der Waals surface area contributed by atoms with Crippen molar-refractivity contribution in [3.8, 4) is 5.75 Å². The molecule has 1 rings (SSSR count). The molecule has 1 N–H and O–H groups in total. The van der Waals surface area contributed by atoms with E-state index in [9.17, 15) is 13.9 Å². The smallest absolute Gasteiger partial charge is 0.387 e. The summed E-state index contributed by atoms with van der Waals surface area (Å²) in [5, 5.41) is 9.30. The highest BCUT2D eigenvalue weighted by atomic mass is 19.3. The van der Waals surface area contributed by atoms with E-state index in [2.05, 4.69) is 11.3 Å². The normalized spacial score (nSPS) is 12.6. The first-order chi connectivity index (χ1) is 6.63. The topological polar surface area (TPSA) is 29.5 Å². The van der Waals surface area contributed by atoms with E-state index in [0.29, 0.717) is 5.56 Å². The van der Waals surface area contributed by atoms with Crippen LogP contribution in [0, 0.1) is 0 Å². The average Bonchev–Trinajstić information content (AvgIpc) is 2.17. The Labute approximate surface area is 80.4 Å². The molecular weight excluding hydrogens is 190 g/mol. The zero-order valence-corrected chi connectivity index (χ0v) is 7.36. The van der Waals surface area contributed by atoms with Gasteiger partial charge < -0.3 is 9.84 Å². The Morgan fingerprint density at radius 2 is 1.86 bits per heavy atom. The summed E-state index contributed by atoms with van der Waals surface area (Å²) in [6.45, 7) is 0.578. The van der Waals surface area contributed by atoms with Gasteiger partial charge in [0.15, 0.2) is 0 Å². The third-order valence-corrected chi connectivity index (χ3v) is 1.67. The quantitative estimate of drug-likeness (QED) is 0.756. The summed E-state index contributed by atoms with van der Waals surface area (Å²) in [6.07, 6.45) is 0.568. The van der Waals surface area contributed by atoms with Gasteiger partial charge in [0.1, 0.15) is 5.75 Å². The SMILES string of the molecule is C=CC(O)c1ccc(OC(F)F)cc1. The van der Waals surface area contributed by atoms with Crippen molar-refractivity contribution in [1.82, 2.24) is 0 Å². The molecule has 1 aromatic carbocycles. The molecule has 0 aromatic heterocycles. The number of ether oxygens (including phenoxy) is 1. The summed E-state index contributed by atoms with van der Waals surface area (Å²) in [7, 11) is 0. The van der Waals surface area contributed by atoms with Gasteiger partial charge in [0.2, 0.25) is 0 Å². The van der Waals surface area contributed by atoms with E-state index in [0.717, 1.165) is 0 Å². The summed E-state index contributed by atoms with van der Waals surface area (Å²) >= 11 is 0. The molecule has 0 aliphatic heterocycles. The number of halogens is 2. The number of aliphatic hydroxyl groups excluding tert-OH is 1. The zero-order valence-electron chi connectivity index (χ0n) is 7.36. The maximum Gasteiger partial charge on any atom is 0.387 e. The molecule has 0 heterocycles. The van der Waals surface area contributed by atoms with Crippen LogP contribution in [-0.2, 0) is 0 Å². The molecule has 0 fully saturated rings. The van der Waals surface area contributed by atoms with Crippen molar-refractivity contribution in [3.05, 3.63) is 42.5 Å². The van der Waals surface area contributed by atoms with Gasteiger partial charge in [-0.1, -0.05) is 18.2 Å². The number of hydrogen-bond donors (Lipinski definition) is 1. The van der Waals surface area contributed by atoms with Crippen LogP contribution in [0.5, 0.6) is 5.75 Å². The van der Waals surface area contributed by atoms with Gasteiger partial charge in [0.25, 0.3) is 0 Å². The van der Waals surface area contributed by atoms with Crippen LogP contribution in [0.15, 0.2) is 36.9 Å². The first-order valence-corrected chi connectivity index (χ1v) is 3.99. The second-order valence-corrected chi connectivity index (χ2v) is 2.63. The van der Waals surface area contributed by atoms with Crippen molar-refractivity contribution < 1.29 is 18.6 Å². The highest BCUT2D eigenvalue weighted by molar-refractivity contribution is 5.29. The van der Waals surface area contributed by atoms with Gasteiger partial charge in [-0.2, -0.15) is 8.78 Å². The molecule has 4 heteroatoms. The van der Waals surface area contributed by atoms with Gasteiger partial charge in [-0.25, -0.2) is 0 Å². The molecule has 14 heavy (non-hydrogen) atoms. The van der Waals surface area contributed by atoms with E-state index in [1.165, 1.54) is 30.3 Å². The predicted molar refractivity (Wildman–Crippen MR) is 48.2 cm³/mol. The molecule has 1 atom stereocenters. The van der Waals surface area contributed by atoms with Crippen molar-refractivity contribution in [2.45, 2.75) is 12.7 Å². The van der Waals surface area contributed by atoms with E-state index in [1.807, 2.05) is 0 Å². The highest BCUT2D eigenvalue weighted by Gasteiger charge is 2.05. The minimum absolute atomic E-state index is 0.0695. The molecule has 0 amide bonds. The lowest BCUT2D eigenvalue weighted by atomic mass is 10.1. The van der Waals surface area contributed by atoms with Crippen LogP contribution in [0.2, 0.25) is 0 Å². The molecule has 0 spiro atoms. The second-order valence-electron chi connectivity index (χ2n) is 2.63. The number of rotatable bonds is 4. The summed E-state index contributed by atoms with van der Waals surface area (Å²) in [5.74, 6) is 0.0695. The van der Waals surface area contributed by atoms with Crippen molar-refractivity contribution in [1.29, 1.82) is 0 Å². The number of aliphatic hydroxyl groups is 1. The molecule has 1 unspecified atom stereocenters. The molecule has 0 radical (unpaired) electrons. The summed E-state index contributed by atoms with van der Waals surface area (Å²) in [5.41, 5.74) is 0.585. The van der Waals surface area contributed by atoms with Crippen LogP contribution in [0.4, 0.5) is 8.78 Å². The van der Waals surface area contributed by atoms with Crippen LogP contribution < -0.4 is 4.74 Å². The van der Waals surface area contributed by atoms with Crippen LogP contribution in [0.1, 0.15) is 11.7 Å². The van der Waals surface area contributed by atoms with Gasteiger partial charge >= 0.3 is 6.61 Å². The highest BCUT2D eigenvalue weighted by Crippen LogP contribution is 2.19. The fraction of sp³-hybridized carbons (Fsp3) is 0.200. The number of alkyl halides is 2. The fourth-order valence-electron chi connectivity index (χ4n) is 0.983. The van der Waals surface area contributed by atoms with E-state index < -0.39 is 12.7 Å². The summed E-state index contributed by atoms with van der Waals surface area (Å²) in [6, 6.07) is 5.75. The fourth-order valence-corrected chi connectivity index (χ4v) is 0.983. The van der Waals surface area contributed by atoms with Gasteiger partial charge in [0, 0.05) is 0 Å². The Morgan fingerprint density at radius 1 is 1.29 bits per heavy atom. The molecule has 0 aliphatic carbocycles. The number of benzene rings is 1. The molecule has 0 saturated carbocycles. The first-order valence-electron chi connectivity index (χ1n) is 3.99. The summed E-state index contributed by atoms with van der Waals surface area (Å²) < 4.78 is 27.7. The Morgan fingerprint density at radius 3 is 2.29 bits per heavy atom. The molecule has 0 aliphatic rings. The molecule has 0 bridgehead atoms. The zero-order chi connectivity index (χ0) is 10.6. The van der Waals surface area contributed by atoms with Crippen molar-refractivity contribution >= 4 is 0 Å². The maximum absolute atomic E-state index is 11.8. The molecule has 1 aromatic rings. The van der Waals surface area contributed by atoms with Crippen molar-refractivity contribution in [2.75, 3.05) is 0 Å². The van der Waals surface area contributed by atoms with Gasteiger partial charge in [0.05, 0.1) is 6.10 Å². The van der Waals surface area contributed by atoms with Crippen molar-refractivity contribution in [2.24, 2.45) is 0 Å². The largest absolute Gasteiger partial charge is 0.435 e. The predicted octanol–water partition coefficient (Wildman–Crippen LogP) is 2.51. The van der Waals surface area contributed by atoms with E-state index in [4.69, 9.17) is 0 Å². The first kappa shape index (κ1) is 10.7. The van der Waals surface area contributed by atoms with Crippen LogP contribution >= 0.6 is 0 Å². The lowest BCUT2D eigenvalue weighted by Gasteiger charge is -2.07.